The van der Waals surface area contributed by atoms with Crippen molar-refractivity contribution in [3.63, 3.8) is 0 Å². The molecule has 0 aromatic carbocycles. The Labute approximate surface area is 86.2 Å². The van der Waals surface area contributed by atoms with Crippen LogP contribution in [0.3, 0.4) is 0 Å². The monoisotopic (exact) mass is 212 g/mol. The lowest BCUT2D eigenvalue weighted by molar-refractivity contribution is -0.119. The molecule has 14 heavy (non-hydrogen) atoms. The standard InChI is InChI=1S/C8H12N4OS/c1-12-8(9-10-11-12)14-7-5-3-2-4-6(7)13/h7H,2-5H2,1H3/t7-/m0/s1. The van der Waals surface area contributed by atoms with Crippen LogP contribution < -0.4 is 0 Å². The van der Waals surface area contributed by atoms with E-state index in [0.717, 1.165) is 24.4 Å². The maximum absolute atomic E-state index is 11.5. The zero-order chi connectivity index (χ0) is 9.97. The van der Waals surface area contributed by atoms with Crippen LogP contribution in [-0.4, -0.2) is 31.2 Å². The molecule has 1 fully saturated rings. The summed E-state index contributed by atoms with van der Waals surface area (Å²) in [5, 5.41) is 11.9. The number of Topliss-reactive ketones (excluding diaryl/α,β-unsaturated/α-hetero) is 1. The molecule has 76 valence electrons. The topological polar surface area (TPSA) is 60.7 Å². The molecule has 1 aromatic rings. The Kier molecular flexibility index (Phi) is 2.81. The molecule has 2 rings (SSSR count). The van der Waals surface area contributed by atoms with Gasteiger partial charge < -0.3 is 0 Å². The number of tetrazole rings is 1. The minimum atomic E-state index is 0.0634. The number of carbonyl (C=O) groups excluding carboxylic acids is 1. The Hall–Kier alpha value is -0.910. The average molecular weight is 212 g/mol. The van der Waals surface area contributed by atoms with E-state index in [4.69, 9.17) is 0 Å². The summed E-state index contributed by atoms with van der Waals surface area (Å²) in [7, 11) is 1.79. The highest BCUT2D eigenvalue weighted by atomic mass is 32.2. The number of hydrogen-bond donors (Lipinski definition) is 0. The fraction of sp³-hybridized carbons (Fsp3) is 0.750. The van der Waals surface area contributed by atoms with E-state index in [2.05, 4.69) is 15.5 Å². The van der Waals surface area contributed by atoms with Gasteiger partial charge in [-0.25, -0.2) is 4.68 Å². The van der Waals surface area contributed by atoms with E-state index in [1.807, 2.05) is 0 Å². The number of hydrogen-bond acceptors (Lipinski definition) is 5. The van der Waals surface area contributed by atoms with Gasteiger partial charge in [0, 0.05) is 13.5 Å². The third-order valence-electron chi connectivity index (χ3n) is 2.33. The van der Waals surface area contributed by atoms with Crippen LogP contribution in [0.15, 0.2) is 5.16 Å². The molecule has 1 aromatic heterocycles. The lowest BCUT2D eigenvalue weighted by Gasteiger charge is -2.18. The molecule has 6 heteroatoms. The maximum Gasteiger partial charge on any atom is 0.209 e. The summed E-state index contributed by atoms with van der Waals surface area (Å²) in [6.07, 6.45) is 3.83. The Morgan fingerprint density at radius 2 is 2.36 bits per heavy atom. The van der Waals surface area contributed by atoms with Crippen LogP contribution in [0.25, 0.3) is 0 Å². The largest absolute Gasteiger partial charge is 0.298 e. The average Bonchev–Trinajstić information content (AvgIpc) is 2.56. The van der Waals surface area contributed by atoms with Crippen LogP contribution in [-0.2, 0) is 11.8 Å². The van der Waals surface area contributed by atoms with Crippen molar-refractivity contribution in [1.82, 2.24) is 20.2 Å². The normalized spacial score (nSPS) is 22.6. The highest BCUT2D eigenvalue weighted by molar-refractivity contribution is 8.00. The third-order valence-corrected chi connectivity index (χ3v) is 3.67. The van der Waals surface area contributed by atoms with Crippen LogP contribution in [0.1, 0.15) is 25.7 Å². The van der Waals surface area contributed by atoms with E-state index >= 15 is 0 Å². The molecule has 0 spiro atoms. The number of carbonyl (C=O) groups is 1. The van der Waals surface area contributed by atoms with Gasteiger partial charge in [-0.2, -0.15) is 0 Å². The first-order valence-electron chi connectivity index (χ1n) is 4.69. The summed E-state index contributed by atoms with van der Waals surface area (Å²) in [6.45, 7) is 0. The number of aromatic nitrogens is 4. The van der Waals surface area contributed by atoms with Gasteiger partial charge >= 0.3 is 0 Å². The van der Waals surface area contributed by atoms with Crippen molar-refractivity contribution in [2.75, 3.05) is 0 Å². The maximum atomic E-state index is 11.5. The molecule has 0 saturated heterocycles. The summed E-state index contributed by atoms with van der Waals surface area (Å²) >= 11 is 1.48. The second-order valence-electron chi connectivity index (χ2n) is 3.40. The zero-order valence-electron chi connectivity index (χ0n) is 8.01. The highest BCUT2D eigenvalue weighted by Crippen LogP contribution is 2.29. The van der Waals surface area contributed by atoms with E-state index in [9.17, 15) is 4.79 Å². The Morgan fingerprint density at radius 3 is 3.00 bits per heavy atom. The van der Waals surface area contributed by atoms with E-state index in [-0.39, 0.29) is 5.25 Å². The van der Waals surface area contributed by atoms with Crippen molar-refractivity contribution >= 4 is 17.5 Å². The lowest BCUT2D eigenvalue weighted by atomic mass is 9.99. The molecule has 1 saturated carbocycles. The first kappa shape index (κ1) is 9.64. The molecule has 1 aliphatic rings. The second-order valence-corrected chi connectivity index (χ2v) is 4.57. The summed E-state index contributed by atoms with van der Waals surface area (Å²) in [6, 6.07) is 0. The molecule has 5 nitrogen and oxygen atoms in total. The van der Waals surface area contributed by atoms with Crippen molar-refractivity contribution in [2.24, 2.45) is 7.05 Å². The molecule has 0 N–H and O–H groups in total. The molecular formula is C8H12N4OS. The first-order chi connectivity index (χ1) is 6.77. The molecule has 0 unspecified atom stereocenters. The number of rotatable bonds is 2. The van der Waals surface area contributed by atoms with E-state index < -0.39 is 0 Å². The summed E-state index contributed by atoms with van der Waals surface area (Å²) in [4.78, 5) is 11.5. The predicted molar refractivity (Wildman–Crippen MR) is 51.9 cm³/mol. The first-order valence-corrected chi connectivity index (χ1v) is 5.57. The minimum absolute atomic E-state index is 0.0634. The SMILES string of the molecule is Cn1nnnc1S[C@H]1CCCCC1=O. The van der Waals surface area contributed by atoms with Crippen LogP contribution >= 0.6 is 11.8 Å². The fourth-order valence-electron chi connectivity index (χ4n) is 1.52. The second kappa shape index (κ2) is 4.08. The van der Waals surface area contributed by atoms with E-state index in [0.29, 0.717) is 12.2 Å². The third kappa shape index (κ3) is 1.95. The Bertz CT molecular complexity index is 338. The van der Waals surface area contributed by atoms with Gasteiger partial charge in [0.25, 0.3) is 0 Å². The zero-order valence-corrected chi connectivity index (χ0v) is 8.83. The van der Waals surface area contributed by atoms with Crippen molar-refractivity contribution in [3.8, 4) is 0 Å². The van der Waals surface area contributed by atoms with Gasteiger partial charge in [-0.3, -0.25) is 4.79 Å². The van der Waals surface area contributed by atoms with Gasteiger partial charge in [0.15, 0.2) is 0 Å². The number of aryl methyl sites for hydroxylation is 1. The molecular weight excluding hydrogens is 200 g/mol. The van der Waals surface area contributed by atoms with Gasteiger partial charge in [0.1, 0.15) is 5.78 Å². The summed E-state index contributed by atoms with van der Waals surface area (Å²) in [5.41, 5.74) is 0. The molecule has 0 radical (unpaired) electrons. The van der Waals surface area contributed by atoms with Gasteiger partial charge in [0.05, 0.1) is 5.25 Å². The summed E-state index contributed by atoms with van der Waals surface area (Å²) in [5.74, 6) is 0.337. The number of nitrogens with zero attached hydrogens (tertiary/aromatic N) is 4. The fourth-order valence-corrected chi connectivity index (χ4v) is 2.58. The highest BCUT2D eigenvalue weighted by Gasteiger charge is 2.24. The van der Waals surface area contributed by atoms with Gasteiger partial charge in [-0.15, -0.1) is 5.10 Å². The van der Waals surface area contributed by atoms with Crippen LogP contribution in [0.5, 0.6) is 0 Å². The van der Waals surface area contributed by atoms with Gasteiger partial charge in [-0.1, -0.05) is 18.2 Å². The molecule has 0 aliphatic heterocycles. The smallest absolute Gasteiger partial charge is 0.209 e. The van der Waals surface area contributed by atoms with Gasteiger partial charge in [0.2, 0.25) is 5.16 Å². The van der Waals surface area contributed by atoms with Crippen molar-refractivity contribution in [3.05, 3.63) is 0 Å². The summed E-state index contributed by atoms with van der Waals surface area (Å²) < 4.78 is 1.60. The number of thioether (sulfide) groups is 1. The van der Waals surface area contributed by atoms with Gasteiger partial charge in [-0.05, 0) is 23.3 Å². The predicted octanol–water partition coefficient (Wildman–Crippen LogP) is 0.814. The van der Waals surface area contributed by atoms with Crippen molar-refractivity contribution < 1.29 is 4.79 Å². The molecule has 1 aliphatic carbocycles. The molecule has 0 bridgehead atoms. The van der Waals surface area contributed by atoms with Crippen LogP contribution in [0, 0.1) is 0 Å². The Morgan fingerprint density at radius 1 is 1.50 bits per heavy atom. The number of ketones is 1. The minimum Gasteiger partial charge on any atom is -0.298 e. The molecule has 1 heterocycles. The molecule has 0 amide bonds. The van der Waals surface area contributed by atoms with Crippen LogP contribution in [0.2, 0.25) is 0 Å². The lowest BCUT2D eigenvalue weighted by Crippen LogP contribution is -2.21. The van der Waals surface area contributed by atoms with E-state index in [1.54, 1.807) is 11.7 Å². The molecule has 1 atom stereocenters. The quantitative estimate of drug-likeness (QED) is 0.726. The van der Waals surface area contributed by atoms with Crippen molar-refractivity contribution in [1.29, 1.82) is 0 Å². The Balaban J connectivity index is 2.03. The van der Waals surface area contributed by atoms with Crippen LogP contribution in [0.4, 0.5) is 0 Å². The van der Waals surface area contributed by atoms with Crippen molar-refractivity contribution in [2.45, 2.75) is 36.1 Å². The van der Waals surface area contributed by atoms with E-state index in [1.165, 1.54) is 11.8 Å².